The fourth-order valence-corrected chi connectivity index (χ4v) is 2.55. The molecule has 4 aromatic rings. The fraction of sp³-hybridized carbons (Fsp3) is 0.500. The smallest absolute Gasteiger partial charge is 0.124 e. The lowest BCUT2D eigenvalue weighted by Gasteiger charge is -1.64. The van der Waals surface area contributed by atoms with Crippen molar-refractivity contribution >= 4 is 34.6 Å². The van der Waals surface area contributed by atoms with E-state index in [1.165, 1.54) is 45.0 Å². The minimum atomic E-state index is 0.926. The Kier molecular flexibility index (Phi) is 39.4. The molecule has 0 saturated heterocycles. The minimum Gasteiger partial charge on any atom is -0.365 e. The molecule has 0 spiro atoms. The van der Waals surface area contributed by atoms with Crippen molar-refractivity contribution in [1.29, 1.82) is 0 Å². The molecule has 4 rings (SSSR count). The number of aryl methyl sites for hydroxylation is 4. The Labute approximate surface area is 209 Å². The Bertz CT molecular complexity index is 581. The zero-order valence-electron chi connectivity index (χ0n) is 22.0. The zero-order valence-corrected chi connectivity index (χ0v) is 24.5. The highest BCUT2D eigenvalue weighted by atomic mass is 32.1. The molecule has 0 aliphatic rings. The van der Waals surface area contributed by atoms with E-state index in [0.29, 0.717) is 0 Å². The molecule has 32 heavy (non-hydrogen) atoms. The van der Waals surface area contributed by atoms with Crippen LogP contribution in [0.25, 0.3) is 0 Å². The van der Waals surface area contributed by atoms with Gasteiger partial charge in [0.25, 0.3) is 0 Å². The van der Waals surface area contributed by atoms with Gasteiger partial charge in [-0.25, -0.2) is 8.75 Å². The summed E-state index contributed by atoms with van der Waals surface area (Å²) in [6, 6.07) is 5.79. The Hall–Kier alpha value is -1.90. The lowest BCUT2D eigenvalue weighted by Crippen LogP contribution is -1.59. The van der Waals surface area contributed by atoms with Crippen LogP contribution in [0.1, 0.15) is 77.2 Å². The van der Waals surface area contributed by atoms with E-state index < -0.39 is 0 Å². The van der Waals surface area contributed by atoms with Gasteiger partial charge in [0.2, 0.25) is 0 Å². The van der Waals surface area contributed by atoms with Crippen LogP contribution in [0.4, 0.5) is 0 Å². The summed E-state index contributed by atoms with van der Waals surface area (Å²) in [7, 11) is 0. The second-order valence-electron chi connectivity index (χ2n) is 4.61. The third-order valence-corrected chi connectivity index (χ3v) is 4.26. The van der Waals surface area contributed by atoms with E-state index in [2.05, 4.69) is 22.8 Å². The van der Waals surface area contributed by atoms with Crippen LogP contribution in [-0.2, 0) is 0 Å². The van der Waals surface area contributed by atoms with Gasteiger partial charge in [0.1, 0.15) is 6.26 Å². The molecule has 0 bridgehead atoms. The second-order valence-corrected chi connectivity index (χ2v) is 6.97. The van der Waals surface area contributed by atoms with Gasteiger partial charge < -0.3 is 4.52 Å². The van der Waals surface area contributed by atoms with E-state index in [0.717, 1.165) is 11.4 Å². The first-order valence-corrected chi connectivity index (χ1v) is 13.5. The first-order chi connectivity index (χ1) is 15.6. The second kappa shape index (κ2) is 33.7. The van der Waals surface area contributed by atoms with Crippen LogP contribution in [-0.4, -0.2) is 18.3 Å². The molecule has 0 aliphatic carbocycles. The van der Waals surface area contributed by atoms with Crippen molar-refractivity contribution in [3.8, 4) is 0 Å². The van der Waals surface area contributed by atoms with Gasteiger partial charge in [-0.3, -0.25) is 0 Å². The van der Waals surface area contributed by atoms with Gasteiger partial charge in [0.05, 0.1) is 11.4 Å². The van der Waals surface area contributed by atoms with E-state index in [4.69, 9.17) is 0 Å². The van der Waals surface area contributed by atoms with Crippen molar-refractivity contribution in [1.82, 2.24) is 18.3 Å². The van der Waals surface area contributed by atoms with Crippen LogP contribution in [0.3, 0.4) is 0 Å². The van der Waals surface area contributed by atoms with Crippen LogP contribution in [0.5, 0.6) is 0 Å². The Balaban J connectivity index is -0.000000148. The van der Waals surface area contributed by atoms with Crippen LogP contribution < -0.4 is 0 Å². The summed E-state index contributed by atoms with van der Waals surface area (Å²) in [4.78, 5) is 1.27. The van der Waals surface area contributed by atoms with Crippen molar-refractivity contribution in [3.63, 3.8) is 0 Å². The lowest BCUT2D eigenvalue weighted by atomic mass is 10.5. The highest BCUT2D eigenvalue weighted by Crippen LogP contribution is 1.98. The normalized spacial score (nSPS) is 7.38. The van der Waals surface area contributed by atoms with Gasteiger partial charge in [0, 0.05) is 34.1 Å². The van der Waals surface area contributed by atoms with Crippen molar-refractivity contribution < 1.29 is 4.52 Å². The quantitative estimate of drug-likeness (QED) is 0.240. The van der Waals surface area contributed by atoms with E-state index in [-0.39, 0.29) is 0 Å². The fourth-order valence-electron chi connectivity index (χ4n) is 1.08. The van der Waals surface area contributed by atoms with Gasteiger partial charge in [-0.05, 0) is 80.0 Å². The maximum absolute atomic E-state index is 4.46. The van der Waals surface area contributed by atoms with E-state index in [1.807, 2.05) is 112 Å². The summed E-state index contributed by atoms with van der Waals surface area (Å²) in [6.45, 7) is 23.9. The molecule has 5 nitrogen and oxygen atoms in total. The first kappa shape index (κ1) is 37.4. The molecule has 0 atom stereocenters. The minimum absolute atomic E-state index is 0.926. The van der Waals surface area contributed by atoms with Crippen molar-refractivity contribution in [2.75, 3.05) is 0 Å². The summed E-state index contributed by atoms with van der Waals surface area (Å²) >= 11 is 4.51. The van der Waals surface area contributed by atoms with Gasteiger partial charge in [0.15, 0.2) is 0 Å². The SMILES string of the molecule is CC.CC.CC.CC.Cc1ccns1.Cc1ccon1.Cc1ccsn1.Cc1cnsc1. The molecule has 0 radical (unpaired) electrons. The summed E-state index contributed by atoms with van der Waals surface area (Å²) in [5.41, 5.74) is 3.29. The van der Waals surface area contributed by atoms with E-state index in [9.17, 15) is 0 Å². The molecule has 4 heterocycles. The summed E-state index contributed by atoms with van der Waals surface area (Å²) in [5, 5.41) is 7.52. The lowest BCUT2D eigenvalue weighted by molar-refractivity contribution is 0.415. The molecule has 184 valence electrons. The van der Waals surface area contributed by atoms with Crippen LogP contribution in [0.2, 0.25) is 0 Å². The molecule has 0 saturated carbocycles. The van der Waals surface area contributed by atoms with E-state index >= 15 is 0 Å². The summed E-state index contributed by atoms with van der Waals surface area (Å²) in [6.07, 6.45) is 5.21. The average Bonchev–Trinajstić information content (AvgIpc) is 3.67. The highest BCUT2D eigenvalue weighted by Gasteiger charge is 1.78. The van der Waals surface area contributed by atoms with Gasteiger partial charge in [-0.1, -0.05) is 60.5 Å². The summed E-state index contributed by atoms with van der Waals surface area (Å²) < 4.78 is 16.1. The molecule has 0 amide bonds. The Morgan fingerprint density at radius 2 is 1.34 bits per heavy atom. The molecule has 8 heteroatoms. The maximum atomic E-state index is 4.46. The van der Waals surface area contributed by atoms with Crippen molar-refractivity contribution in [3.05, 3.63) is 69.4 Å². The molecule has 0 fully saturated rings. The number of aromatic nitrogens is 4. The van der Waals surface area contributed by atoms with Crippen molar-refractivity contribution in [2.45, 2.75) is 83.1 Å². The Morgan fingerprint density at radius 1 is 0.719 bits per heavy atom. The van der Waals surface area contributed by atoms with Crippen LogP contribution in [0, 0.1) is 27.7 Å². The first-order valence-electron chi connectivity index (χ1n) is 11.0. The molecular weight excluding hydrogens is 456 g/mol. The largest absolute Gasteiger partial charge is 0.365 e. The number of nitrogens with zero attached hydrogens (tertiary/aromatic N) is 4. The standard InChI is InChI=1S/C4H5NO.3C4H5NS.4C2H6/c1-4-2-3-6-5-4;1-4-2-5-6-3-4;1-4-2-3-6-5-4;1-4-2-3-5-6-4;4*1-2/h4*2-3H,1H3;4*1-2H3. The number of rotatable bonds is 0. The van der Waals surface area contributed by atoms with Crippen LogP contribution in [0.15, 0.2) is 52.1 Å². The van der Waals surface area contributed by atoms with Gasteiger partial charge in [-0.2, -0.15) is 4.37 Å². The highest BCUT2D eigenvalue weighted by molar-refractivity contribution is 7.05. The predicted molar refractivity (Wildman–Crippen MR) is 147 cm³/mol. The molecule has 0 aliphatic heterocycles. The average molecular weight is 501 g/mol. The van der Waals surface area contributed by atoms with Gasteiger partial charge >= 0.3 is 0 Å². The predicted octanol–water partition coefficient (Wildman–Crippen LogP) is 9.44. The third-order valence-electron chi connectivity index (χ3n) is 2.26. The molecule has 4 aromatic heterocycles. The molecule has 0 N–H and O–H groups in total. The summed E-state index contributed by atoms with van der Waals surface area (Å²) in [5.74, 6) is 0. The molecule has 0 unspecified atom stereocenters. The molecule has 0 aromatic carbocycles. The number of hydrogen-bond acceptors (Lipinski definition) is 8. The topological polar surface area (TPSA) is 64.7 Å². The van der Waals surface area contributed by atoms with E-state index in [1.54, 1.807) is 18.5 Å². The van der Waals surface area contributed by atoms with Crippen molar-refractivity contribution in [2.24, 2.45) is 0 Å². The third kappa shape index (κ3) is 30.3. The Morgan fingerprint density at radius 3 is 1.47 bits per heavy atom. The van der Waals surface area contributed by atoms with Gasteiger partial charge in [-0.15, -0.1) is 0 Å². The number of hydrogen-bond donors (Lipinski definition) is 0. The maximum Gasteiger partial charge on any atom is 0.124 e. The monoisotopic (exact) mass is 500 g/mol. The zero-order chi connectivity index (χ0) is 25.6. The van der Waals surface area contributed by atoms with Crippen LogP contribution >= 0.6 is 34.6 Å². The molecular formula is C24H44N4OS3.